The molecule has 1 unspecified atom stereocenters. The molecule has 1 atom stereocenters. The molecule has 2 nitrogen and oxygen atoms in total. The second-order valence-electron chi connectivity index (χ2n) is 3.44. The lowest BCUT2D eigenvalue weighted by Crippen LogP contribution is -2.21. The van der Waals surface area contributed by atoms with Crippen LogP contribution in [0.5, 0.6) is 0 Å². The molecule has 1 aliphatic carbocycles. The van der Waals surface area contributed by atoms with Gasteiger partial charge in [-0.05, 0) is 5.57 Å². The van der Waals surface area contributed by atoms with Crippen LogP contribution in [0.2, 0.25) is 0 Å². The summed E-state index contributed by atoms with van der Waals surface area (Å²) in [4.78, 5) is 6.26. The Kier molecular flexibility index (Phi) is 1.53. The monoisotopic (exact) mass is 182 g/mol. The summed E-state index contributed by atoms with van der Waals surface area (Å²) in [7, 11) is 0. The van der Waals surface area contributed by atoms with Gasteiger partial charge in [-0.2, -0.15) is 0 Å². The van der Waals surface area contributed by atoms with Crippen molar-refractivity contribution in [3.05, 3.63) is 60.3 Å². The van der Waals surface area contributed by atoms with Crippen LogP contribution < -0.4 is 0 Å². The average Bonchev–Trinajstić information content (AvgIpc) is 2.29. The Bertz CT molecular complexity index is 393. The molecule has 14 heavy (non-hydrogen) atoms. The lowest BCUT2D eigenvalue weighted by Gasteiger charge is -2.29. The van der Waals surface area contributed by atoms with Gasteiger partial charge in [-0.15, -0.1) is 0 Å². The van der Waals surface area contributed by atoms with E-state index in [9.17, 15) is 0 Å². The van der Waals surface area contributed by atoms with E-state index in [0.717, 1.165) is 0 Å². The van der Waals surface area contributed by atoms with E-state index in [0.29, 0.717) is 5.92 Å². The predicted octanol–water partition coefficient (Wildman–Crippen LogP) is 2.37. The Morgan fingerprint density at radius 1 is 1.14 bits per heavy atom. The maximum Gasteiger partial charge on any atom is 0.0675 e. The van der Waals surface area contributed by atoms with Crippen molar-refractivity contribution < 1.29 is 0 Å². The summed E-state index contributed by atoms with van der Waals surface area (Å²) in [6, 6.07) is 0. The minimum Gasteiger partial charge on any atom is -0.321 e. The van der Waals surface area contributed by atoms with Gasteiger partial charge in [-0.25, -0.2) is 0 Å². The number of rotatable bonds is 0. The molecule has 0 aromatic rings. The minimum atomic E-state index is 0.421. The van der Waals surface area contributed by atoms with Crippen LogP contribution in [0, 0.1) is 5.92 Å². The summed E-state index contributed by atoms with van der Waals surface area (Å²) >= 11 is 0. The second-order valence-corrected chi connectivity index (χ2v) is 3.44. The van der Waals surface area contributed by atoms with E-state index in [1.165, 1.54) is 11.3 Å². The molecule has 0 bridgehead atoms. The third-order valence-corrected chi connectivity index (χ3v) is 2.60. The standard InChI is InChI=1S/C12H10N2/c1-2-4-11-10(3-1)5-7-14-8-6-13-9-12(11)14/h1-10H. The zero-order valence-electron chi connectivity index (χ0n) is 7.67. The zero-order chi connectivity index (χ0) is 9.38. The SMILES string of the molecule is C1=CC2=C3C=NC=CN3C=CC2C=C1. The molecule has 2 heterocycles. The minimum absolute atomic E-state index is 0.421. The Balaban J connectivity index is 2.13. The van der Waals surface area contributed by atoms with Crippen LogP contribution in [0.3, 0.4) is 0 Å². The van der Waals surface area contributed by atoms with Crippen molar-refractivity contribution in [2.24, 2.45) is 10.9 Å². The summed E-state index contributed by atoms with van der Waals surface area (Å²) in [6.07, 6.45) is 18.5. The van der Waals surface area contributed by atoms with Gasteiger partial charge in [-0.3, -0.25) is 4.99 Å². The quantitative estimate of drug-likeness (QED) is 0.561. The Morgan fingerprint density at radius 2 is 2.14 bits per heavy atom. The lowest BCUT2D eigenvalue weighted by atomic mass is 9.90. The van der Waals surface area contributed by atoms with E-state index in [1.807, 2.05) is 12.4 Å². The van der Waals surface area contributed by atoms with Gasteiger partial charge in [0.1, 0.15) is 0 Å². The molecule has 0 aromatic heterocycles. The summed E-state index contributed by atoms with van der Waals surface area (Å²) < 4.78 is 0. The largest absolute Gasteiger partial charge is 0.321 e. The van der Waals surface area contributed by atoms with Crippen LogP contribution in [0.25, 0.3) is 0 Å². The Labute approximate surface area is 82.9 Å². The first-order valence-corrected chi connectivity index (χ1v) is 4.71. The maximum absolute atomic E-state index is 4.16. The Hall–Kier alpha value is -1.83. The van der Waals surface area contributed by atoms with Crippen LogP contribution in [0.1, 0.15) is 0 Å². The van der Waals surface area contributed by atoms with Crippen LogP contribution in [0.4, 0.5) is 0 Å². The second kappa shape index (κ2) is 2.84. The average molecular weight is 182 g/mol. The molecule has 0 fully saturated rings. The van der Waals surface area contributed by atoms with Crippen molar-refractivity contribution in [2.45, 2.75) is 0 Å². The van der Waals surface area contributed by atoms with Crippen molar-refractivity contribution in [1.29, 1.82) is 0 Å². The molecule has 0 amide bonds. The van der Waals surface area contributed by atoms with Gasteiger partial charge in [0, 0.05) is 24.5 Å². The van der Waals surface area contributed by atoms with E-state index in [1.54, 1.807) is 6.20 Å². The van der Waals surface area contributed by atoms with E-state index >= 15 is 0 Å². The van der Waals surface area contributed by atoms with Crippen LogP contribution in [-0.2, 0) is 0 Å². The molecule has 0 saturated heterocycles. The fraction of sp³-hybridized carbons (Fsp3) is 0.0833. The molecule has 3 aliphatic rings. The molecule has 0 N–H and O–H groups in total. The maximum atomic E-state index is 4.16. The summed E-state index contributed by atoms with van der Waals surface area (Å²) in [5.41, 5.74) is 2.50. The number of hydrogen-bond acceptors (Lipinski definition) is 2. The number of nitrogens with zero attached hydrogens (tertiary/aromatic N) is 2. The number of aliphatic imine (C=N–C) groups is 1. The van der Waals surface area contributed by atoms with E-state index < -0.39 is 0 Å². The zero-order valence-corrected chi connectivity index (χ0v) is 7.67. The first-order chi connectivity index (χ1) is 6.95. The molecule has 3 rings (SSSR count). The van der Waals surface area contributed by atoms with Crippen LogP contribution in [0.15, 0.2) is 65.2 Å². The molecular weight excluding hydrogens is 172 g/mol. The normalized spacial score (nSPS) is 26.9. The fourth-order valence-corrected chi connectivity index (χ4v) is 1.89. The van der Waals surface area contributed by atoms with Gasteiger partial charge >= 0.3 is 0 Å². The first kappa shape index (κ1) is 7.56. The van der Waals surface area contributed by atoms with Crippen molar-refractivity contribution in [2.75, 3.05) is 0 Å². The smallest absolute Gasteiger partial charge is 0.0675 e. The van der Waals surface area contributed by atoms with Crippen LogP contribution >= 0.6 is 0 Å². The molecular formula is C12H10N2. The van der Waals surface area contributed by atoms with Crippen molar-refractivity contribution in [3.63, 3.8) is 0 Å². The lowest BCUT2D eigenvalue weighted by molar-refractivity contribution is 0.617. The molecule has 2 heteroatoms. The summed E-state index contributed by atoms with van der Waals surface area (Å²) in [6.45, 7) is 0. The van der Waals surface area contributed by atoms with Gasteiger partial charge in [0.25, 0.3) is 0 Å². The first-order valence-electron chi connectivity index (χ1n) is 4.71. The van der Waals surface area contributed by atoms with Crippen molar-refractivity contribution in [3.8, 4) is 0 Å². The number of allylic oxidation sites excluding steroid dienone is 7. The molecule has 0 aromatic carbocycles. The third-order valence-electron chi connectivity index (χ3n) is 2.60. The Morgan fingerprint density at radius 3 is 3.14 bits per heavy atom. The summed E-state index contributed by atoms with van der Waals surface area (Å²) in [5, 5.41) is 0. The van der Waals surface area contributed by atoms with Gasteiger partial charge in [-0.1, -0.05) is 30.4 Å². The number of fused-ring (bicyclic) bond motifs is 2. The highest BCUT2D eigenvalue weighted by molar-refractivity contribution is 5.83. The molecule has 0 radical (unpaired) electrons. The molecule has 68 valence electrons. The topological polar surface area (TPSA) is 15.6 Å². The van der Waals surface area contributed by atoms with Gasteiger partial charge in [0.05, 0.1) is 11.9 Å². The summed E-state index contributed by atoms with van der Waals surface area (Å²) in [5.74, 6) is 0.421. The highest BCUT2D eigenvalue weighted by Crippen LogP contribution is 2.30. The molecule has 0 saturated carbocycles. The van der Waals surface area contributed by atoms with E-state index in [-0.39, 0.29) is 0 Å². The van der Waals surface area contributed by atoms with Gasteiger partial charge in [0.2, 0.25) is 0 Å². The third kappa shape index (κ3) is 1.01. The molecule has 2 aliphatic heterocycles. The highest BCUT2D eigenvalue weighted by atomic mass is 15.1. The fourth-order valence-electron chi connectivity index (χ4n) is 1.89. The van der Waals surface area contributed by atoms with Crippen molar-refractivity contribution in [1.82, 2.24) is 4.90 Å². The van der Waals surface area contributed by atoms with E-state index in [2.05, 4.69) is 46.5 Å². The van der Waals surface area contributed by atoms with E-state index in [4.69, 9.17) is 0 Å². The van der Waals surface area contributed by atoms with Gasteiger partial charge < -0.3 is 4.90 Å². The van der Waals surface area contributed by atoms with Crippen LogP contribution in [-0.4, -0.2) is 11.1 Å². The molecule has 0 spiro atoms. The highest BCUT2D eigenvalue weighted by Gasteiger charge is 2.20. The van der Waals surface area contributed by atoms with Crippen molar-refractivity contribution >= 4 is 6.21 Å². The van der Waals surface area contributed by atoms with Gasteiger partial charge in [0.15, 0.2) is 0 Å². The number of hydrogen-bond donors (Lipinski definition) is 0. The predicted molar refractivity (Wildman–Crippen MR) is 57.4 cm³/mol.